The van der Waals surface area contributed by atoms with Gasteiger partial charge >= 0.3 is 5.97 Å². The molecule has 35 heavy (non-hydrogen) atoms. The standard InChI is InChI=1S/C27H28N2O5S/c1-4-27-16-32-21(22(27)31-15-19-8-6-5-7-9-19)24(34-27)29-14-18(3)23(28-26(29)35)33-25(30)20-12-10-17(2)11-13-20/h5-14,21-22,24H,4,15-16H2,1-3H3/t21-,22?,24+,27-/m0/s1. The van der Waals surface area contributed by atoms with Crippen LogP contribution in [-0.4, -0.2) is 39.9 Å². The Morgan fingerprint density at radius 1 is 1.17 bits per heavy atom. The maximum atomic E-state index is 12.6. The highest BCUT2D eigenvalue weighted by Gasteiger charge is 2.62. The molecule has 0 radical (unpaired) electrons. The average molecular weight is 493 g/mol. The van der Waals surface area contributed by atoms with E-state index in [1.165, 1.54) is 0 Å². The van der Waals surface area contributed by atoms with Crippen LogP contribution >= 0.6 is 12.2 Å². The number of hydrogen-bond donors (Lipinski definition) is 0. The molecule has 8 heteroatoms. The first-order chi connectivity index (χ1) is 16.9. The van der Waals surface area contributed by atoms with Gasteiger partial charge in [0.2, 0.25) is 10.7 Å². The van der Waals surface area contributed by atoms with Crippen LogP contribution < -0.4 is 4.74 Å². The van der Waals surface area contributed by atoms with Gasteiger partial charge in [0, 0.05) is 11.8 Å². The summed E-state index contributed by atoms with van der Waals surface area (Å²) in [4.78, 5) is 17.0. The van der Waals surface area contributed by atoms with Crippen molar-refractivity contribution in [2.75, 3.05) is 6.61 Å². The maximum absolute atomic E-state index is 12.6. The number of fused-ring (bicyclic) bond motifs is 2. The van der Waals surface area contributed by atoms with Gasteiger partial charge in [0.25, 0.3) is 0 Å². The van der Waals surface area contributed by atoms with Crippen LogP contribution in [0.4, 0.5) is 0 Å². The molecule has 4 atom stereocenters. The van der Waals surface area contributed by atoms with Gasteiger partial charge in [-0.1, -0.05) is 55.0 Å². The topological polar surface area (TPSA) is 71.8 Å². The molecule has 0 spiro atoms. The number of nitrogens with zero attached hydrogens (tertiary/aromatic N) is 2. The monoisotopic (exact) mass is 492 g/mol. The van der Waals surface area contributed by atoms with Gasteiger partial charge < -0.3 is 18.9 Å². The zero-order chi connectivity index (χ0) is 24.6. The number of benzene rings is 2. The lowest BCUT2D eigenvalue weighted by molar-refractivity contribution is -0.176. The number of esters is 1. The third kappa shape index (κ3) is 4.54. The minimum absolute atomic E-state index is 0.183. The molecule has 2 saturated heterocycles. The summed E-state index contributed by atoms with van der Waals surface area (Å²) in [6.45, 7) is 6.80. The molecule has 3 aromatic rings. The van der Waals surface area contributed by atoms with E-state index in [2.05, 4.69) is 11.9 Å². The van der Waals surface area contributed by atoms with Crippen molar-refractivity contribution >= 4 is 18.2 Å². The number of rotatable bonds is 7. The molecular formula is C27H28N2O5S. The van der Waals surface area contributed by atoms with Crippen LogP contribution in [0.2, 0.25) is 0 Å². The average Bonchev–Trinajstić information content (AvgIpc) is 3.38. The molecule has 3 heterocycles. The zero-order valence-electron chi connectivity index (χ0n) is 20.0. The molecule has 2 aliphatic rings. The predicted octanol–water partition coefficient (Wildman–Crippen LogP) is 5.11. The number of ether oxygens (including phenoxy) is 4. The van der Waals surface area contributed by atoms with Crippen molar-refractivity contribution in [2.24, 2.45) is 0 Å². The molecule has 182 valence electrons. The van der Waals surface area contributed by atoms with Crippen molar-refractivity contribution in [1.82, 2.24) is 9.55 Å². The van der Waals surface area contributed by atoms with E-state index in [1.807, 2.05) is 56.3 Å². The first kappa shape index (κ1) is 23.8. The Kier molecular flexibility index (Phi) is 6.55. The smallest absolute Gasteiger partial charge is 0.344 e. The SMILES string of the molecule is CC[C@]12CO[C@@H](C1OCc1ccccc1)[C@H](n1cc(C)c(OC(=O)c3ccc(C)cc3)nc1=S)O2. The first-order valence-corrected chi connectivity index (χ1v) is 12.1. The van der Waals surface area contributed by atoms with E-state index < -0.39 is 17.8 Å². The molecule has 2 aromatic carbocycles. The summed E-state index contributed by atoms with van der Waals surface area (Å²) in [7, 11) is 0. The van der Waals surface area contributed by atoms with Gasteiger partial charge in [-0.2, -0.15) is 4.98 Å². The van der Waals surface area contributed by atoms with E-state index in [-0.39, 0.29) is 22.9 Å². The van der Waals surface area contributed by atoms with E-state index in [9.17, 15) is 4.79 Å². The Morgan fingerprint density at radius 3 is 2.63 bits per heavy atom. The van der Waals surface area contributed by atoms with E-state index in [4.69, 9.17) is 31.2 Å². The van der Waals surface area contributed by atoms with E-state index in [1.54, 1.807) is 22.9 Å². The molecular weight excluding hydrogens is 464 g/mol. The Labute approximate surface area is 209 Å². The molecule has 0 aliphatic carbocycles. The fourth-order valence-corrected chi connectivity index (χ4v) is 4.87. The van der Waals surface area contributed by atoms with E-state index in [0.29, 0.717) is 24.3 Å². The Bertz CT molecular complexity index is 1280. The second-order valence-electron chi connectivity index (χ2n) is 9.09. The largest absolute Gasteiger partial charge is 0.403 e. The van der Waals surface area contributed by atoms with Crippen LogP contribution in [0.15, 0.2) is 60.8 Å². The highest BCUT2D eigenvalue weighted by molar-refractivity contribution is 7.71. The summed E-state index contributed by atoms with van der Waals surface area (Å²) >= 11 is 5.57. The summed E-state index contributed by atoms with van der Waals surface area (Å²) in [6.07, 6.45) is 1.50. The number of carbonyl (C=O) groups is 1. The summed E-state index contributed by atoms with van der Waals surface area (Å²) in [5, 5.41) is 0. The van der Waals surface area contributed by atoms with Gasteiger partial charge in [-0.25, -0.2) is 4.79 Å². The second kappa shape index (κ2) is 9.62. The third-order valence-corrected chi connectivity index (χ3v) is 6.99. The molecule has 0 saturated carbocycles. The minimum Gasteiger partial charge on any atom is -0.403 e. The molecule has 0 N–H and O–H groups in total. The molecule has 1 unspecified atom stereocenters. The lowest BCUT2D eigenvalue weighted by atomic mass is 9.96. The fourth-order valence-electron chi connectivity index (χ4n) is 4.63. The van der Waals surface area contributed by atoms with Gasteiger partial charge in [-0.15, -0.1) is 0 Å². The summed E-state index contributed by atoms with van der Waals surface area (Å²) in [5.41, 5.74) is 2.72. The van der Waals surface area contributed by atoms with Crippen LogP contribution in [0.3, 0.4) is 0 Å². The normalized spacial score (nSPS) is 25.1. The van der Waals surface area contributed by atoms with Crippen molar-refractivity contribution < 1.29 is 23.7 Å². The highest BCUT2D eigenvalue weighted by atomic mass is 32.1. The van der Waals surface area contributed by atoms with Crippen molar-refractivity contribution in [2.45, 2.75) is 57.8 Å². The summed E-state index contributed by atoms with van der Waals surface area (Å²) < 4.78 is 26.6. The summed E-state index contributed by atoms with van der Waals surface area (Å²) in [5.74, 6) is -0.297. The molecule has 5 rings (SSSR count). The Hall–Kier alpha value is -2.91. The highest BCUT2D eigenvalue weighted by Crippen LogP contribution is 2.48. The lowest BCUT2D eigenvalue weighted by Gasteiger charge is -2.31. The number of aromatic nitrogens is 2. The number of carbonyl (C=O) groups excluding carboxylic acids is 1. The molecule has 2 bridgehead atoms. The fraction of sp³-hybridized carbons (Fsp3) is 0.370. The van der Waals surface area contributed by atoms with Crippen LogP contribution in [-0.2, 0) is 20.8 Å². The number of aryl methyl sites for hydroxylation is 2. The molecule has 7 nitrogen and oxygen atoms in total. The number of hydrogen-bond acceptors (Lipinski definition) is 7. The molecule has 1 aromatic heterocycles. The molecule has 2 fully saturated rings. The maximum Gasteiger partial charge on any atom is 0.344 e. The zero-order valence-corrected chi connectivity index (χ0v) is 20.8. The lowest BCUT2D eigenvalue weighted by Crippen LogP contribution is -2.41. The second-order valence-corrected chi connectivity index (χ2v) is 9.46. The van der Waals surface area contributed by atoms with Crippen molar-refractivity contribution in [3.05, 3.63) is 87.8 Å². The quantitative estimate of drug-likeness (QED) is 0.335. The van der Waals surface area contributed by atoms with Crippen LogP contribution in [0.25, 0.3) is 0 Å². The van der Waals surface area contributed by atoms with Crippen molar-refractivity contribution in [3.63, 3.8) is 0 Å². The van der Waals surface area contributed by atoms with Crippen molar-refractivity contribution in [1.29, 1.82) is 0 Å². The first-order valence-electron chi connectivity index (χ1n) is 11.7. The van der Waals surface area contributed by atoms with E-state index >= 15 is 0 Å². The minimum atomic E-state index is -0.552. The van der Waals surface area contributed by atoms with Gasteiger partial charge in [0.1, 0.15) is 17.8 Å². The van der Waals surface area contributed by atoms with Gasteiger partial charge in [-0.3, -0.25) is 4.57 Å². The molecule has 2 aliphatic heterocycles. The van der Waals surface area contributed by atoms with Gasteiger partial charge in [0.05, 0.1) is 18.8 Å². The van der Waals surface area contributed by atoms with Crippen LogP contribution in [0, 0.1) is 18.6 Å². The van der Waals surface area contributed by atoms with E-state index in [0.717, 1.165) is 17.5 Å². The van der Waals surface area contributed by atoms with Crippen molar-refractivity contribution in [3.8, 4) is 5.88 Å². The van der Waals surface area contributed by atoms with Gasteiger partial charge in [-0.05, 0) is 50.2 Å². The Balaban J connectivity index is 1.36. The summed E-state index contributed by atoms with van der Waals surface area (Å²) in [6, 6.07) is 17.2. The predicted molar refractivity (Wildman–Crippen MR) is 132 cm³/mol. The van der Waals surface area contributed by atoms with Crippen LogP contribution in [0.5, 0.6) is 5.88 Å². The van der Waals surface area contributed by atoms with Crippen LogP contribution in [0.1, 0.15) is 46.6 Å². The van der Waals surface area contributed by atoms with Gasteiger partial charge in [0.15, 0.2) is 6.23 Å². The Morgan fingerprint density at radius 2 is 1.91 bits per heavy atom. The molecule has 0 amide bonds. The third-order valence-electron chi connectivity index (χ3n) is 6.68.